The molecule has 3 N–H and O–H groups in total. The molecule has 0 unspecified atom stereocenters. The highest BCUT2D eigenvalue weighted by Crippen LogP contribution is 2.20. The van der Waals surface area contributed by atoms with Gasteiger partial charge in [0.05, 0.1) is 11.9 Å². The Morgan fingerprint density at radius 3 is 2.92 bits per heavy atom. The molecule has 0 aliphatic heterocycles. The third-order valence-electron chi connectivity index (χ3n) is 1.85. The highest BCUT2D eigenvalue weighted by Gasteiger charge is 2.01. The summed E-state index contributed by atoms with van der Waals surface area (Å²) in [5.74, 6) is 0.0906. The van der Waals surface area contributed by atoms with Gasteiger partial charge in [0.25, 0.3) is 0 Å². The fraction of sp³-hybridized carbons (Fsp3) is 0.111. The summed E-state index contributed by atoms with van der Waals surface area (Å²) in [4.78, 5) is 8.02. The number of aromatic nitrogens is 2. The molecule has 0 aromatic carbocycles. The molecule has 0 spiro atoms. The first-order chi connectivity index (χ1) is 6.31. The van der Waals surface area contributed by atoms with Gasteiger partial charge in [-0.05, 0) is 12.1 Å². The second kappa shape index (κ2) is 2.99. The molecule has 0 fully saturated rings. The van der Waals surface area contributed by atoms with Gasteiger partial charge < -0.3 is 10.8 Å². The predicted octanol–water partition coefficient (Wildman–Crippen LogP) is 0.794. The molecule has 13 heavy (non-hydrogen) atoms. The molecule has 2 rings (SSSR count). The Bertz CT molecular complexity index is 442. The summed E-state index contributed by atoms with van der Waals surface area (Å²) in [5, 5.41) is 10.2. The van der Waals surface area contributed by atoms with Gasteiger partial charge in [-0.2, -0.15) is 0 Å². The molecule has 0 saturated carbocycles. The van der Waals surface area contributed by atoms with Crippen molar-refractivity contribution in [3.8, 4) is 5.75 Å². The maximum Gasteiger partial charge on any atom is 0.160 e. The van der Waals surface area contributed by atoms with Crippen LogP contribution >= 0.6 is 0 Å². The maximum absolute atomic E-state index is 9.43. The summed E-state index contributed by atoms with van der Waals surface area (Å²) in [6.45, 7) is 0.373. The molecule has 0 atom stereocenters. The normalized spacial score (nSPS) is 10.5. The van der Waals surface area contributed by atoms with Crippen molar-refractivity contribution in [3.05, 3.63) is 30.2 Å². The van der Waals surface area contributed by atoms with Crippen LogP contribution in [0.3, 0.4) is 0 Å². The van der Waals surface area contributed by atoms with Crippen LogP contribution in [0, 0.1) is 0 Å². The van der Waals surface area contributed by atoms with Crippen LogP contribution in [0.4, 0.5) is 0 Å². The van der Waals surface area contributed by atoms with E-state index in [4.69, 9.17) is 5.73 Å². The monoisotopic (exact) mass is 175 g/mol. The molecule has 0 saturated heterocycles. The first-order valence-electron chi connectivity index (χ1n) is 3.94. The van der Waals surface area contributed by atoms with Gasteiger partial charge in [-0.1, -0.05) is 0 Å². The molecule has 66 valence electrons. The fourth-order valence-corrected chi connectivity index (χ4v) is 1.18. The smallest absolute Gasteiger partial charge is 0.160 e. The number of hydrogen-bond acceptors (Lipinski definition) is 4. The van der Waals surface area contributed by atoms with Crippen molar-refractivity contribution in [2.24, 2.45) is 5.73 Å². The molecule has 4 heteroatoms. The molecule has 0 aliphatic carbocycles. The molecule has 0 amide bonds. The van der Waals surface area contributed by atoms with Crippen LogP contribution in [0.2, 0.25) is 0 Å². The Kier molecular flexibility index (Phi) is 1.83. The summed E-state index contributed by atoms with van der Waals surface area (Å²) >= 11 is 0. The van der Waals surface area contributed by atoms with Crippen molar-refractivity contribution in [1.82, 2.24) is 9.97 Å². The lowest BCUT2D eigenvalue weighted by atomic mass is 10.2. The van der Waals surface area contributed by atoms with Crippen LogP contribution in [-0.4, -0.2) is 15.1 Å². The van der Waals surface area contributed by atoms with Gasteiger partial charge in [0.2, 0.25) is 0 Å². The average molecular weight is 175 g/mol. The molecular formula is C9H9N3O. The Balaban J connectivity index is 2.74. The summed E-state index contributed by atoms with van der Waals surface area (Å²) in [7, 11) is 0. The van der Waals surface area contributed by atoms with Crippen molar-refractivity contribution in [1.29, 1.82) is 0 Å². The Labute approximate surface area is 75.1 Å². The van der Waals surface area contributed by atoms with E-state index in [0.717, 1.165) is 11.1 Å². The number of hydrogen-bond donors (Lipinski definition) is 2. The number of rotatable bonds is 1. The van der Waals surface area contributed by atoms with E-state index in [0.29, 0.717) is 12.1 Å². The first-order valence-corrected chi connectivity index (χ1v) is 3.94. The molecule has 2 heterocycles. The minimum atomic E-state index is 0.0906. The van der Waals surface area contributed by atoms with E-state index in [-0.39, 0.29) is 5.75 Å². The quantitative estimate of drug-likeness (QED) is 0.672. The van der Waals surface area contributed by atoms with Gasteiger partial charge in [0.1, 0.15) is 5.52 Å². The third-order valence-corrected chi connectivity index (χ3v) is 1.85. The SMILES string of the molecule is NCc1ccc2cncc(O)c2n1. The lowest BCUT2D eigenvalue weighted by Gasteiger charge is -2.00. The van der Waals surface area contributed by atoms with Crippen LogP contribution in [0.5, 0.6) is 5.75 Å². The van der Waals surface area contributed by atoms with Gasteiger partial charge in [0, 0.05) is 18.1 Å². The molecule has 0 radical (unpaired) electrons. The molecule has 2 aromatic rings. The van der Waals surface area contributed by atoms with Crippen molar-refractivity contribution in [2.45, 2.75) is 6.54 Å². The predicted molar refractivity (Wildman–Crippen MR) is 49.1 cm³/mol. The van der Waals surface area contributed by atoms with Gasteiger partial charge >= 0.3 is 0 Å². The van der Waals surface area contributed by atoms with E-state index >= 15 is 0 Å². The van der Waals surface area contributed by atoms with E-state index in [1.54, 1.807) is 6.20 Å². The van der Waals surface area contributed by atoms with Crippen molar-refractivity contribution < 1.29 is 5.11 Å². The van der Waals surface area contributed by atoms with E-state index in [9.17, 15) is 5.11 Å². The standard InChI is InChI=1S/C9H9N3O/c10-3-7-2-1-6-4-11-5-8(13)9(6)12-7/h1-2,4-5,13H,3,10H2. The largest absolute Gasteiger partial charge is 0.504 e. The van der Waals surface area contributed by atoms with Crippen LogP contribution in [0.25, 0.3) is 10.9 Å². The van der Waals surface area contributed by atoms with Crippen LogP contribution in [0.1, 0.15) is 5.69 Å². The fourth-order valence-electron chi connectivity index (χ4n) is 1.18. The second-order valence-electron chi connectivity index (χ2n) is 2.74. The zero-order chi connectivity index (χ0) is 9.26. The van der Waals surface area contributed by atoms with E-state index in [2.05, 4.69) is 9.97 Å². The topological polar surface area (TPSA) is 72.0 Å². The lowest BCUT2D eigenvalue weighted by molar-refractivity contribution is 0.478. The van der Waals surface area contributed by atoms with E-state index < -0.39 is 0 Å². The second-order valence-corrected chi connectivity index (χ2v) is 2.74. The molecule has 0 bridgehead atoms. The Morgan fingerprint density at radius 2 is 2.15 bits per heavy atom. The minimum Gasteiger partial charge on any atom is -0.504 e. The number of aromatic hydroxyl groups is 1. The summed E-state index contributed by atoms with van der Waals surface area (Å²) in [6, 6.07) is 3.67. The van der Waals surface area contributed by atoms with Crippen molar-refractivity contribution >= 4 is 10.9 Å². The third kappa shape index (κ3) is 1.31. The van der Waals surface area contributed by atoms with Gasteiger partial charge in [-0.3, -0.25) is 4.98 Å². The van der Waals surface area contributed by atoms with Crippen molar-refractivity contribution in [2.75, 3.05) is 0 Å². The molecule has 4 nitrogen and oxygen atoms in total. The summed E-state index contributed by atoms with van der Waals surface area (Å²) in [5.41, 5.74) is 6.74. The number of pyridine rings is 2. The number of nitrogens with zero attached hydrogens (tertiary/aromatic N) is 2. The van der Waals surface area contributed by atoms with Crippen molar-refractivity contribution in [3.63, 3.8) is 0 Å². The highest BCUT2D eigenvalue weighted by atomic mass is 16.3. The Hall–Kier alpha value is -1.68. The van der Waals surface area contributed by atoms with Gasteiger partial charge in [-0.15, -0.1) is 0 Å². The molecular weight excluding hydrogens is 166 g/mol. The van der Waals surface area contributed by atoms with Gasteiger partial charge in [-0.25, -0.2) is 4.98 Å². The summed E-state index contributed by atoms with van der Waals surface area (Å²) < 4.78 is 0. The number of nitrogens with two attached hydrogens (primary N) is 1. The van der Waals surface area contributed by atoms with Crippen LogP contribution in [0.15, 0.2) is 24.5 Å². The number of fused-ring (bicyclic) bond motifs is 1. The first kappa shape index (κ1) is 7.94. The average Bonchev–Trinajstić information content (AvgIpc) is 2.18. The highest BCUT2D eigenvalue weighted by molar-refractivity contribution is 5.82. The molecule has 0 aliphatic rings. The van der Waals surface area contributed by atoms with Crippen LogP contribution < -0.4 is 5.73 Å². The van der Waals surface area contributed by atoms with E-state index in [1.807, 2.05) is 12.1 Å². The zero-order valence-electron chi connectivity index (χ0n) is 6.94. The van der Waals surface area contributed by atoms with Crippen LogP contribution in [-0.2, 0) is 6.54 Å². The summed E-state index contributed by atoms with van der Waals surface area (Å²) in [6.07, 6.45) is 3.03. The van der Waals surface area contributed by atoms with E-state index in [1.165, 1.54) is 6.20 Å². The maximum atomic E-state index is 9.43. The van der Waals surface area contributed by atoms with Gasteiger partial charge in [0.15, 0.2) is 5.75 Å². The lowest BCUT2D eigenvalue weighted by Crippen LogP contribution is -1.99. The Morgan fingerprint density at radius 1 is 1.31 bits per heavy atom. The molecule has 2 aromatic heterocycles. The minimum absolute atomic E-state index is 0.0906. The zero-order valence-corrected chi connectivity index (χ0v) is 6.94.